The van der Waals surface area contributed by atoms with Crippen LogP contribution in [-0.2, 0) is 11.2 Å². The average Bonchev–Trinajstić information content (AvgIpc) is 2.30. The topological polar surface area (TPSA) is 17.1 Å². The Kier molecular flexibility index (Phi) is 6.61. The van der Waals surface area contributed by atoms with Crippen molar-refractivity contribution in [1.29, 1.82) is 0 Å². The Morgan fingerprint density at radius 2 is 1.53 bits per heavy atom. The molecule has 94 valence electrons. The second kappa shape index (κ2) is 8.05. The lowest BCUT2D eigenvalue weighted by atomic mass is 10.0. The highest BCUT2D eigenvalue weighted by Crippen LogP contribution is 2.10. The molecule has 0 aromatic heterocycles. The lowest BCUT2D eigenvalue weighted by Gasteiger charge is -2.02. The van der Waals surface area contributed by atoms with Crippen LogP contribution in [0, 0.1) is 6.92 Å². The molecular formula is C16H24O. The van der Waals surface area contributed by atoms with Crippen LogP contribution in [0.2, 0.25) is 0 Å². The van der Waals surface area contributed by atoms with Crippen LogP contribution in [0.4, 0.5) is 0 Å². The molecular weight excluding hydrogens is 208 g/mol. The molecule has 17 heavy (non-hydrogen) atoms. The van der Waals surface area contributed by atoms with Gasteiger partial charge in [0.2, 0.25) is 0 Å². The molecule has 0 aliphatic heterocycles. The van der Waals surface area contributed by atoms with Crippen LogP contribution < -0.4 is 0 Å². The van der Waals surface area contributed by atoms with Gasteiger partial charge in [0.25, 0.3) is 0 Å². The van der Waals surface area contributed by atoms with E-state index in [1.807, 2.05) is 0 Å². The second-order valence-corrected chi connectivity index (χ2v) is 4.96. The molecule has 0 spiro atoms. The molecule has 0 N–H and O–H groups in total. The number of carbonyl (C=O) groups excluding carboxylic acids is 1. The molecule has 0 radical (unpaired) electrons. The number of ketones is 1. The van der Waals surface area contributed by atoms with E-state index >= 15 is 0 Å². The van der Waals surface area contributed by atoms with Gasteiger partial charge in [-0.15, -0.1) is 0 Å². The summed E-state index contributed by atoms with van der Waals surface area (Å²) in [7, 11) is 0. The third kappa shape index (κ3) is 6.93. The Balaban J connectivity index is 2.01. The zero-order valence-corrected chi connectivity index (χ0v) is 11.2. The van der Waals surface area contributed by atoms with Gasteiger partial charge < -0.3 is 4.79 Å². The summed E-state index contributed by atoms with van der Waals surface area (Å²) in [5, 5.41) is 0. The summed E-state index contributed by atoms with van der Waals surface area (Å²) in [5.41, 5.74) is 2.78. The number of hydrogen-bond acceptors (Lipinski definition) is 1. The predicted octanol–water partition coefficient (Wildman–Crippen LogP) is 4.47. The molecule has 0 heterocycles. The van der Waals surface area contributed by atoms with Crippen molar-refractivity contribution in [3.8, 4) is 0 Å². The van der Waals surface area contributed by atoms with Crippen molar-refractivity contribution in [3.05, 3.63) is 35.4 Å². The number of rotatable bonds is 8. The number of benzene rings is 1. The maximum Gasteiger partial charge on any atom is 0.129 e. The van der Waals surface area contributed by atoms with E-state index in [0.717, 1.165) is 12.8 Å². The summed E-state index contributed by atoms with van der Waals surface area (Å²) in [6.07, 6.45) is 8.03. The van der Waals surface area contributed by atoms with Crippen molar-refractivity contribution < 1.29 is 4.79 Å². The molecule has 1 heteroatoms. The summed E-state index contributed by atoms with van der Waals surface area (Å²) >= 11 is 0. The molecule has 1 aromatic carbocycles. The zero-order chi connectivity index (χ0) is 12.5. The first-order valence-electron chi connectivity index (χ1n) is 6.73. The van der Waals surface area contributed by atoms with Crippen molar-refractivity contribution in [2.75, 3.05) is 0 Å². The minimum absolute atomic E-state index is 0.324. The maximum absolute atomic E-state index is 10.7. The van der Waals surface area contributed by atoms with Gasteiger partial charge in [-0.2, -0.15) is 0 Å². The minimum atomic E-state index is 0.324. The summed E-state index contributed by atoms with van der Waals surface area (Å²) in [4.78, 5) is 10.7. The molecule has 0 saturated heterocycles. The first-order chi connectivity index (χ1) is 8.18. The fourth-order valence-electron chi connectivity index (χ4n) is 1.99. The van der Waals surface area contributed by atoms with E-state index in [1.54, 1.807) is 6.92 Å². The van der Waals surface area contributed by atoms with Crippen molar-refractivity contribution in [2.45, 2.75) is 58.8 Å². The Bertz CT molecular complexity index is 324. The zero-order valence-electron chi connectivity index (χ0n) is 11.2. The predicted molar refractivity (Wildman–Crippen MR) is 73.3 cm³/mol. The highest BCUT2D eigenvalue weighted by molar-refractivity contribution is 5.75. The number of carbonyl (C=O) groups is 1. The largest absolute Gasteiger partial charge is 0.300 e. The summed E-state index contributed by atoms with van der Waals surface area (Å²) in [6.45, 7) is 3.80. The van der Waals surface area contributed by atoms with E-state index in [0.29, 0.717) is 5.78 Å². The smallest absolute Gasteiger partial charge is 0.129 e. The Labute approximate surface area is 105 Å². The van der Waals surface area contributed by atoms with E-state index < -0.39 is 0 Å². The van der Waals surface area contributed by atoms with E-state index in [1.165, 1.54) is 43.2 Å². The van der Waals surface area contributed by atoms with Crippen LogP contribution in [-0.4, -0.2) is 5.78 Å². The van der Waals surface area contributed by atoms with Gasteiger partial charge >= 0.3 is 0 Å². The number of hydrogen-bond donors (Lipinski definition) is 0. The van der Waals surface area contributed by atoms with E-state index in [-0.39, 0.29) is 0 Å². The fraction of sp³-hybridized carbons (Fsp3) is 0.562. The van der Waals surface area contributed by atoms with E-state index in [9.17, 15) is 4.79 Å². The van der Waals surface area contributed by atoms with Crippen LogP contribution in [0.25, 0.3) is 0 Å². The van der Waals surface area contributed by atoms with Crippen LogP contribution in [0.5, 0.6) is 0 Å². The molecule has 1 rings (SSSR count). The third-order valence-corrected chi connectivity index (χ3v) is 3.11. The molecule has 0 aliphatic carbocycles. The Morgan fingerprint density at radius 3 is 2.18 bits per heavy atom. The molecule has 1 nitrogen and oxygen atoms in total. The summed E-state index contributed by atoms with van der Waals surface area (Å²) in [5.74, 6) is 0.324. The first kappa shape index (κ1) is 14.0. The van der Waals surface area contributed by atoms with Crippen LogP contribution in [0.15, 0.2) is 24.3 Å². The quantitative estimate of drug-likeness (QED) is 0.604. The summed E-state index contributed by atoms with van der Waals surface area (Å²) < 4.78 is 0. The van der Waals surface area contributed by atoms with Crippen molar-refractivity contribution in [1.82, 2.24) is 0 Å². The number of aryl methyl sites for hydroxylation is 2. The van der Waals surface area contributed by atoms with Gasteiger partial charge in [0, 0.05) is 6.42 Å². The molecule has 0 aliphatic rings. The number of Topliss-reactive ketones (excluding diaryl/α,β-unsaturated/α-hetero) is 1. The Hall–Kier alpha value is -1.11. The van der Waals surface area contributed by atoms with Crippen molar-refractivity contribution >= 4 is 5.78 Å². The first-order valence-corrected chi connectivity index (χ1v) is 6.73. The van der Waals surface area contributed by atoms with Crippen molar-refractivity contribution in [3.63, 3.8) is 0 Å². The minimum Gasteiger partial charge on any atom is -0.300 e. The van der Waals surface area contributed by atoms with Crippen LogP contribution in [0.1, 0.15) is 56.6 Å². The molecule has 0 unspecified atom stereocenters. The van der Waals surface area contributed by atoms with Crippen molar-refractivity contribution in [2.24, 2.45) is 0 Å². The molecule has 0 amide bonds. The van der Waals surface area contributed by atoms with Gasteiger partial charge in [-0.25, -0.2) is 0 Å². The number of unbranched alkanes of at least 4 members (excludes halogenated alkanes) is 4. The molecule has 0 atom stereocenters. The molecule has 0 bridgehead atoms. The lowest BCUT2D eigenvalue weighted by Crippen LogP contribution is -1.90. The van der Waals surface area contributed by atoms with Crippen LogP contribution in [0.3, 0.4) is 0 Å². The highest BCUT2D eigenvalue weighted by atomic mass is 16.1. The average molecular weight is 232 g/mol. The van der Waals surface area contributed by atoms with E-state index in [2.05, 4.69) is 31.2 Å². The third-order valence-electron chi connectivity index (χ3n) is 3.11. The standard InChI is InChI=1S/C16H24O/c1-14-10-12-16(13-11-14)9-7-5-3-4-6-8-15(2)17/h10-13H,3-9H2,1-2H3. The van der Waals surface area contributed by atoms with Gasteiger partial charge in [-0.3, -0.25) is 0 Å². The van der Waals surface area contributed by atoms with Gasteiger partial charge in [-0.05, 0) is 38.7 Å². The van der Waals surface area contributed by atoms with E-state index in [4.69, 9.17) is 0 Å². The fourth-order valence-corrected chi connectivity index (χ4v) is 1.99. The van der Waals surface area contributed by atoms with Gasteiger partial charge in [0.05, 0.1) is 0 Å². The molecule has 0 saturated carbocycles. The van der Waals surface area contributed by atoms with Crippen LogP contribution >= 0.6 is 0 Å². The normalized spacial score (nSPS) is 10.5. The highest BCUT2D eigenvalue weighted by Gasteiger charge is 1.96. The SMILES string of the molecule is CC(=O)CCCCCCCc1ccc(C)cc1. The summed E-state index contributed by atoms with van der Waals surface area (Å²) in [6, 6.07) is 8.82. The lowest BCUT2D eigenvalue weighted by molar-refractivity contribution is -0.117. The van der Waals surface area contributed by atoms with Gasteiger partial charge in [0.15, 0.2) is 0 Å². The molecule has 0 fully saturated rings. The molecule has 1 aromatic rings. The maximum atomic E-state index is 10.7. The van der Waals surface area contributed by atoms with Gasteiger partial charge in [0.1, 0.15) is 5.78 Å². The second-order valence-electron chi connectivity index (χ2n) is 4.96. The monoisotopic (exact) mass is 232 g/mol. The van der Waals surface area contributed by atoms with Gasteiger partial charge in [-0.1, -0.05) is 49.1 Å². The Morgan fingerprint density at radius 1 is 0.941 bits per heavy atom.